The van der Waals surface area contributed by atoms with Crippen LogP contribution in [0.3, 0.4) is 0 Å². The van der Waals surface area contributed by atoms with Crippen LogP contribution in [0.5, 0.6) is 11.5 Å². The summed E-state index contributed by atoms with van der Waals surface area (Å²) >= 11 is 0. The van der Waals surface area contributed by atoms with Crippen molar-refractivity contribution in [1.29, 1.82) is 0 Å². The first kappa shape index (κ1) is 19.3. The SMILES string of the molecule is Cl.NC(N)=NC(=NCc1ccc2c(c1)OCO2)Nc1cccc2ccccc12. The largest absolute Gasteiger partial charge is 0.454 e. The molecule has 5 N–H and O–H groups in total. The van der Waals surface area contributed by atoms with Gasteiger partial charge < -0.3 is 26.3 Å². The molecule has 1 aliphatic rings. The van der Waals surface area contributed by atoms with Gasteiger partial charge >= 0.3 is 0 Å². The fourth-order valence-electron chi connectivity index (χ4n) is 2.89. The third-order valence-electron chi connectivity index (χ3n) is 4.12. The van der Waals surface area contributed by atoms with Gasteiger partial charge in [0.25, 0.3) is 0 Å². The van der Waals surface area contributed by atoms with Crippen LogP contribution in [0.1, 0.15) is 5.56 Å². The lowest BCUT2D eigenvalue weighted by atomic mass is 10.1. The number of ether oxygens (including phenoxy) is 2. The van der Waals surface area contributed by atoms with E-state index in [0.29, 0.717) is 18.3 Å². The minimum Gasteiger partial charge on any atom is -0.454 e. The molecule has 144 valence electrons. The molecule has 8 heteroatoms. The molecule has 3 aromatic rings. The number of nitrogens with one attached hydrogen (secondary N) is 1. The van der Waals surface area contributed by atoms with Crippen LogP contribution in [0.15, 0.2) is 70.6 Å². The Morgan fingerprint density at radius 3 is 2.61 bits per heavy atom. The van der Waals surface area contributed by atoms with Crippen LogP contribution in [0.25, 0.3) is 10.8 Å². The van der Waals surface area contributed by atoms with E-state index < -0.39 is 0 Å². The summed E-state index contributed by atoms with van der Waals surface area (Å²) < 4.78 is 10.7. The minimum atomic E-state index is -0.0628. The number of fused-ring (bicyclic) bond motifs is 2. The third-order valence-corrected chi connectivity index (χ3v) is 4.12. The standard InChI is InChI=1S/C20H19N5O2.ClH/c21-19(22)25-20(23-11-13-8-9-17-18(10-13)27-12-26-17)24-16-7-3-5-14-4-1-2-6-15(14)16;/h1-10H,11-12H2,(H5,21,22,23,24,25);1H. The molecule has 0 unspecified atom stereocenters. The zero-order chi connectivity index (χ0) is 18.6. The highest BCUT2D eigenvalue weighted by atomic mass is 35.5. The number of nitrogens with zero attached hydrogens (tertiary/aromatic N) is 2. The average Bonchev–Trinajstić information content (AvgIpc) is 3.14. The van der Waals surface area contributed by atoms with Crippen LogP contribution >= 0.6 is 12.4 Å². The molecule has 0 fully saturated rings. The summed E-state index contributed by atoms with van der Waals surface area (Å²) in [7, 11) is 0. The number of hydrogen-bond acceptors (Lipinski definition) is 3. The molecule has 0 spiro atoms. The van der Waals surface area contributed by atoms with E-state index in [1.54, 1.807) is 0 Å². The fraction of sp³-hybridized carbons (Fsp3) is 0.100. The quantitative estimate of drug-likeness (QED) is 0.464. The van der Waals surface area contributed by atoms with E-state index in [4.69, 9.17) is 20.9 Å². The predicted molar refractivity (Wildman–Crippen MR) is 114 cm³/mol. The summed E-state index contributed by atoms with van der Waals surface area (Å²) in [4.78, 5) is 8.65. The molecule has 3 aromatic carbocycles. The van der Waals surface area contributed by atoms with Crippen LogP contribution < -0.4 is 26.3 Å². The first-order chi connectivity index (χ1) is 13.2. The Bertz CT molecular complexity index is 1040. The number of nitrogens with two attached hydrogens (primary N) is 2. The van der Waals surface area contributed by atoms with Crippen molar-refractivity contribution in [1.82, 2.24) is 0 Å². The van der Waals surface area contributed by atoms with Crippen LogP contribution in [-0.2, 0) is 6.54 Å². The molecule has 0 amide bonds. The normalized spacial score (nSPS) is 12.4. The summed E-state index contributed by atoms with van der Waals surface area (Å²) in [5, 5.41) is 5.39. The van der Waals surface area contributed by atoms with Gasteiger partial charge in [-0.3, -0.25) is 0 Å². The van der Waals surface area contributed by atoms with Gasteiger partial charge in [-0.1, -0.05) is 42.5 Å². The van der Waals surface area contributed by atoms with Crippen molar-refractivity contribution in [3.05, 3.63) is 66.2 Å². The van der Waals surface area contributed by atoms with Crippen LogP contribution in [0.4, 0.5) is 5.69 Å². The molecule has 0 saturated carbocycles. The maximum atomic E-state index is 5.57. The number of rotatable bonds is 3. The van der Waals surface area contributed by atoms with E-state index in [1.807, 2.05) is 60.7 Å². The van der Waals surface area contributed by atoms with Crippen molar-refractivity contribution < 1.29 is 9.47 Å². The fourth-order valence-corrected chi connectivity index (χ4v) is 2.89. The van der Waals surface area contributed by atoms with Crippen molar-refractivity contribution >= 4 is 40.8 Å². The predicted octanol–water partition coefficient (Wildman–Crippen LogP) is 3.23. The molecule has 1 aliphatic heterocycles. The summed E-state index contributed by atoms with van der Waals surface area (Å²) in [6.07, 6.45) is 0. The van der Waals surface area contributed by atoms with E-state index in [9.17, 15) is 0 Å². The lowest BCUT2D eigenvalue weighted by molar-refractivity contribution is 0.174. The van der Waals surface area contributed by atoms with Crippen molar-refractivity contribution in [2.24, 2.45) is 21.5 Å². The minimum absolute atomic E-state index is 0. The Morgan fingerprint density at radius 1 is 0.964 bits per heavy atom. The average molecular weight is 398 g/mol. The van der Waals surface area contributed by atoms with Gasteiger partial charge in [0.2, 0.25) is 12.8 Å². The Morgan fingerprint density at radius 2 is 1.75 bits per heavy atom. The van der Waals surface area contributed by atoms with Crippen LogP contribution in [-0.4, -0.2) is 18.7 Å². The van der Waals surface area contributed by atoms with Gasteiger partial charge in [-0.25, -0.2) is 4.99 Å². The highest BCUT2D eigenvalue weighted by Crippen LogP contribution is 2.32. The summed E-state index contributed by atoms with van der Waals surface area (Å²) in [6, 6.07) is 19.7. The number of anilines is 1. The van der Waals surface area contributed by atoms with Crippen molar-refractivity contribution in [3.63, 3.8) is 0 Å². The van der Waals surface area contributed by atoms with Gasteiger partial charge in [0, 0.05) is 11.1 Å². The second kappa shape index (κ2) is 8.49. The molecule has 0 atom stereocenters. The maximum absolute atomic E-state index is 5.57. The molecule has 1 heterocycles. The third kappa shape index (κ3) is 4.27. The van der Waals surface area contributed by atoms with Crippen molar-refractivity contribution in [3.8, 4) is 11.5 Å². The molecule has 7 nitrogen and oxygen atoms in total. The van der Waals surface area contributed by atoms with Crippen molar-refractivity contribution in [2.75, 3.05) is 12.1 Å². The van der Waals surface area contributed by atoms with Crippen molar-refractivity contribution in [2.45, 2.75) is 6.54 Å². The first-order valence-corrected chi connectivity index (χ1v) is 8.46. The Labute approximate surface area is 168 Å². The van der Waals surface area contributed by atoms with E-state index in [1.165, 1.54) is 0 Å². The summed E-state index contributed by atoms with van der Waals surface area (Å²) in [5.74, 6) is 1.73. The molecular formula is C20H20ClN5O2. The zero-order valence-electron chi connectivity index (χ0n) is 15.0. The Balaban J connectivity index is 0.00000225. The molecule has 0 saturated heterocycles. The summed E-state index contributed by atoms with van der Waals surface area (Å²) in [5.41, 5.74) is 13.0. The monoisotopic (exact) mass is 397 g/mol. The first-order valence-electron chi connectivity index (χ1n) is 8.46. The smallest absolute Gasteiger partial charge is 0.231 e. The topological polar surface area (TPSA) is 107 Å². The molecule has 0 bridgehead atoms. The van der Waals surface area contributed by atoms with Gasteiger partial charge in [0.05, 0.1) is 6.54 Å². The highest BCUT2D eigenvalue weighted by molar-refractivity contribution is 6.06. The van der Waals surface area contributed by atoms with Gasteiger partial charge in [0.15, 0.2) is 17.5 Å². The number of hydrogen-bond donors (Lipinski definition) is 3. The number of halogens is 1. The molecule has 0 aromatic heterocycles. The van der Waals surface area contributed by atoms with E-state index in [0.717, 1.165) is 27.8 Å². The molecule has 4 rings (SSSR count). The zero-order valence-corrected chi connectivity index (χ0v) is 15.8. The summed E-state index contributed by atoms with van der Waals surface area (Å²) in [6.45, 7) is 0.629. The maximum Gasteiger partial charge on any atom is 0.231 e. The lowest BCUT2D eigenvalue weighted by Gasteiger charge is -2.10. The molecule has 0 aliphatic carbocycles. The molecular weight excluding hydrogens is 378 g/mol. The highest BCUT2D eigenvalue weighted by Gasteiger charge is 2.13. The van der Waals surface area contributed by atoms with Gasteiger partial charge in [-0.15, -0.1) is 12.4 Å². The van der Waals surface area contributed by atoms with Gasteiger partial charge in [-0.2, -0.15) is 4.99 Å². The lowest BCUT2D eigenvalue weighted by Crippen LogP contribution is -2.26. The number of benzene rings is 3. The van der Waals surface area contributed by atoms with Gasteiger partial charge in [-0.05, 0) is 29.1 Å². The van der Waals surface area contributed by atoms with E-state index in [-0.39, 0.29) is 25.2 Å². The van der Waals surface area contributed by atoms with Crippen LogP contribution in [0.2, 0.25) is 0 Å². The molecule has 0 radical (unpaired) electrons. The Kier molecular flexibility index (Phi) is 5.86. The number of aliphatic imine (C=N–C) groups is 2. The second-order valence-corrected chi connectivity index (χ2v) is 6.02. The van der Waals surface area contributed by atoms with E-state index >= 15 is 0 Å². The second-order valence-electron chi connectivity index (χ2n) is 6.02. The van der Waals surface area contributed by atoms with Crippen LogP contribution in [0, 0.1) is 0 Å². The van der Waals surface area contributed by atoms with Gasteiger partial charge in [0.1, 0.15) is 0 Å². The van der Waals surface area contributed by atoms with E-state index in [2.05, 4.69) is 15.3 Å². The Hall–Kier alpha value is -3.45. The molecule has 28 heavy (non-hydrogen) atoms. The number of guanidine groups is 2.